The lowest BCUT2D eigenvalue weighted by atomic mass is 10.1. The molecule has 6 nitrogen and oxygen atoms in total. The maximum Gasteiger partial charge on any atom is 0.181 e. The van der Waals surface area contributed by atoms with E-state index in [2.05, 4.69) is 19.9 Å². The largest absolute Gasteiger partial charge is 0.494 e. The lowest BCUT2D eigenvalue weighted by Crippen LogP contribution is -1.99. The number of hydrogen-bond acceptors (Lipinski definition) is 6. The highest BCUT2D eigenvalue weighted by Gasteiger charge is 2.16. The number of methoxy groups -OCH3 is 1. The van der Waals surface area contributed by atoms with Crippen LogP contribution in [-0.4, -0.2) is 27.0 Å². The number of hydrogen-bond donors (Lipinski definition) is 0. The first-order valence-corrected chi connectivity index (χ1v) is 8.62. The third-order valence-electron chi connectivity index (χ3n) is 4.40. The van der Waals surface area contributed by atoms with E-state index in [9.17, 15) is 4.39 Å². The van der Waals surface area contributed by atoms with Crippen LogP contribution in [0.15, 0.2) is 48.9 Å². The Labute approximate surface area is 161 Å². The van der Waals surface area contributed by atoms with Crippen LogP contribution in [0.5, 0.6) is 17.2 Å². The van der Waals surface area contributed by atoms with Crippen molar-refractivity contribution in [2.75, 3.05) is 7.11 Å². The summed E-state index contributed by atoms with van der Waals surface area (Å²) in [5.74, 6) is 1.03. The molecule has 0 unspecified atom stereocenters. The summed E-state index contributed by atoms with van der Waals surface area (Å²) in [6.45, 7) is 3.86. The maximum atomic E-state index is 14.3. The minimum atomic E-state index is -0.488. The number of halogens is 1. The van der Waals surface area contributed by atoms with Gasteiger partial charge in [-0.1, -0.05) is 0 Å². The van der Waals surface area contributed by atoms with Gasteiger partial charge >= 0.3 is 0 Å². The molecule has 0 bridgehead atoms. The third kappa shape index (κ3) is 3.22. The minimum Gasteiger partial charge on any atom is -0.494 e. The molecule has 0 aliphatic carbocycles. The van der Waals surface area contributed by atoms with Crippen molar-refractivity contribution in [1.82, 2.24) is 19.9 Å². The molecule has 0 spiro atoms. The number of benzene rings is 1. The van der Waals surface area contributed by atoms with E-state index in [1.54, 1.807) is 30.7 Å². The maximum absolute atomic E-state index is 14.3. The van der Waals surface area contributed by atoms with Crippen LogP contribution >= 0.6 is 0 Å². The number of fused-ring (bicyclic) bond motifs is 1. The highest BCUT2D eigenvalue weighted by molar-refractivity contribution is 5.86. The smallest absolute Gasteiger partial charge is 0.181 e. The highest BCUT2D eigenvalue weighted by Crippen LogP contribution is 2.36. The first-order valence-electron chi connectivity index (χ1n) is 8.62. The molecule has 0 atom stereocenters. The average Bonchev–Trinajstić information content (AvgIpc) is 2.71. The number of nitrogens with zero attached hydrogens (tertiary/aromatic N) is 4. The molecule has 140 valence electrons. The molecule has 4 rings (SSSR count). The lowest BCUT2D eigenvalue weighted by molar-refractivity contribution is 0.387. The molecule has 3 heterocycles. The molecule has 28 heavy (non-hydrogen) atoms. The Bertz CT molecular complexity index is 1170. The van der Waals surface area contributed by atoms with E-state index in [-0.39, 0.29) is 5.75 Å². The van der Waals surface area contributed by atoms with Crippen LogP contribution in [0.4, 0.5) is 4.39 Å². The van der Waals surface area contributed by atoms with Crippen molar-refractivity contribution in [3.05, 3.63) is 66.0 Å². The van der Waals surface area contributed by atoms with Crippen LogP contribution in [0, 0.1) is 19.7 Å². The first-order chi connectivity index (χ1) is 13.6. The van der Waals surface area contributed by atoms with Crippen LogP contribution in [0.25, 0.3) is 22.4 Å². The zero-order chi connectivity index (χ0) is 19.7. The van der Waals surface area contributed by atoms with E-state index in [0.29, 0.717) is 33.9 Å². The Morgan fingerprint density at radius 2 is 1.68 bits per heavy atom. The van der Waals surface area contributed by atoms with Crippen molar-refractivity contribution in [1.29, 1.82) is 0 Å². The van der Waals surface area contributed by atoms with Crippen molar-refractivity contribution in [2.45, 2.75) is 13.8 Å². The van der Waals surface area contributed by atoms with Crippen molar-refractivity contribution in [3.63, 3.8) is 0 Å². The molecule has 0 saturated carbocycles. The number of aryl methyl sites for hydroxylation is 2. The molecule has 3 aromatic heterocycles. The molecule has 0 fully saturated rings. The monoisotopic (exact) mass is 376 g/mol. The number of pyridine rings is 2. The van der Waals surface area contributed by atoms with E-state index < -0.39 is 5.82 Å². The topological polar surface area (TPSA) is 70.0 Å². The zero-order valence-corrected chi connectivity index (χ0v) is 15.6. The summed E-state index contributed by atoms with van der Waals surface area (Å²) in [5.41, 5.74) is 2.89. The second kappa shape index (κ2) is 7.19. The average molecular weight is 376 g/mol. The molecule has 0 radical (unpaired) electrons. The first kappa shape index (κ1) is 17.8. The van der Waals surface area contributed by atoms with E-state index >= 15 is 0 Å². The summed E-state index contributed by atoms with van der Waals surface area (Å²) in [7, 11) is 1.41. The second-order valence-corrected chi connectivity index (χ2v) is 6.22. The lowest BCUT2D eigenvalue weighted by Gasteiger charge is -2.14. The molecule has 7 heteroatoms. The molecule has 0 saturated heterocycles. The number of rotatable bonds is 4. The zero-order valence-electron chi connectivity index (χ0n) is 15.6. The van der Waals surface area contributed by atoms with E-state index in [4.69, 9.17) is 9.47 Å². The summed E-state index contributed by atoms with van der Waals surface area (Å²) in [6.07, 6.45) is 4.89. The number of ether oxygens (including phenoxy) is 2. The third-order valence-corrected chi connectivity index (χ3v) is 4.40. The van der Waals surface area contributed by atoms with Crippen LogP contribution < -0.4 is 9.47 Å². The fourth-order valence-electron chi connectivity index (χ4n) is 2.83. The van der Waals surface area contributed by atoms with Gasteiger partial charge in [-0.05, 0) is 43.7 Å². The van der Waals surface area contributed by atoms with E-state index in [0.717, 1.165) is 11.3 Å². The van der Waals surface area contributed by atoms with Crippen molar-refractivity contribution in [2.24, 2.45) is 0 Å². The Hall–Kier alpha value is -3.61. The standard InChI is InChI=1S/C21H17FN4O2/c1-12-9-19(20(26-13(12)2)21-24-6-4-7-25-21)28-17-5-8-23-16-11-18(27-3)15(22)10-14(16)17/h4-11H,1-3H3. The van der Waals surface area contributed by atoms with Gasteiger partial charge in [0.1, 0.15) is 5.75 Å². The van der Waals surface area contributed by atoms with E-state index in [1.165, 1.54) is 19.2 Å². The Morgan fingerprint density at radius 3 is 2.43 bits per heavy atom. The normalized spacial score (nSPS) is 10.9. The molecule has 0 N–H and O–H groups in total. The SMILES string of the molecule is COc1cc2nccc(Oc3cc(C)c(C)nc3-c3ncccn3)c2cc1F. The summed E-state index contributed by atoms with van der Waals surface area (Å²) in [5, 5.41) is 0.527. The van der Waals surface area contributed by atoms with Gasteiger partial charge in [-0.15, -0.1) is 0 Å². The van der Waals surface area contributed by atoms with Gasteiger partial charge in [0.15, 0.2) is 28.8 Å². The fourth-order valence-corrected chi connectivity index (χ4v) is 2.83. The van der Waals surface area contributed by atoms with Crippen LogP contribution in [0.1, 0.15) is 11.3 Å². The Morgan fingerprint density at radius 1 is 0.893 bits per heavy atom. The van der Waals surface area contributed by atoms with Crippen LogP contribution in [-0.2, 0) is 0 Å². The predicted octanol–water partition coefficient (Wildman–Crippen LogP) is 4.64. The molecular formula is C21H17FN4O2. The van der Waals surface area contributed by atoms with Gasteiger partial charge in [0.25, 0.3) is 0 Å². The summed E-state index contributed by atoms with van der Waals surface area (Å²) < 4.78 is 25.4. The van der Waals surface area contributed by atoms with Gasteiger partial charge in [0, 0.05) is 35.7 Å². The molecule has 1 aromatic carbocycles. The minimum absolute atomic E-state index is 0.128. The highest BCUT2D eigenvalue weighted by atomic mass is 19.1. The molecule has 0 aliphatic heterocycles. The van der Waals surface area contributed by atoms with Gasteiger partial charge in [0.05, 0.1) is 12.6 Å². The quantitative estimate of drug-likeness (QED) is 0.517. The van der Waals surface area contributed by atoms with Crippen LogP contribution in [0.3, 0.4) is 0 Å². The summed E-state index contributed by atoms with van der Waals surface area (Å²) in [4.78, 5) is 17.4. The predicted molar refractivity (Wildman–Crippen MR) is 103 cm³/mol. The molecule has 4 aromatic rings. The number of aromatic nitrogens is 4. The molecule has 0 amide bonds. The van der Waals surface area contributed by atoms with Gasteiger partial charge in [0.2, 0.25) is 0 Å². The van der Waals surface area contributed by atoms with Gasteiger partial charge in [-0.3, -0.25) is 4.98 Å². The van der Waals surface area contributed by atoms with Crippen LogP contribution in [0.2, 0.25) is 0 Å². The second-order valence-electron chi connectivity index (χ2n) is 6.22. The summed E-state index contributed by atoms with van der Waals surface area (Å²) in [6, 6.07) is 8.18. The Kier molecular flexibility index (Phi) is 4.57. The van der Waals surface area contributed by atoms with Crippen molar-refractivity contribution >= 4 is 10.9 Å². The Balaban J connectivity index is 1.86. The molecule has 0 aliphatic rings. The fraction of sp³-hybridized carbons (Fsp3) is 0.143. The van der Waals surface area contributed by atoms with Gasteiger partial charge in [-0.25, -0.2) is 19.3 Å². The summed E-state index contributed by atoms with van der Waals surface area (Å²) >= 11 is 0. The van der Waals surface area contributed by atoms with Crippen molar-refractivity contribution in [3.8, 4) is 28.8 Å². The van der Waals surface area contributed by atoms with Crippen molar-refractivity contribution < 1.29 is 13.9 Å². The van der Waals surface area contributed by atoms with Gasteiger partial charge in [-0.2, -0.15) is 0 Å². The molecular weight excluding hydrogens is 359 g/mol. The van der Waals surface area contributed by atoms with E-state index in [1.807, 2.05) is 19.9 Å². The van der Waals surface area contributed by atoms with Gasteiger partial charge < -0.3 is 9.47 Å².